The Morgan fingerprint density at radius 2 is 1.14 bits per heavy atom. The molecule has 9 rings (SSSR count). The summed E-state index contributed by atoms with van der Waals surface area (Å²) >= 11 is 12.2. The topological polar surface area (TPSA) is 85.9 Å². The van der Waals surface area contributed by atoms with E-state index in [1.165, 1.54) is 26.9 Å². The van der Waals surface area contributed by atoms with E-state index in [1.807, 2.05) is 106 Å². The van der Waals surface area contributed by atoms with Crippen molar-refractivity contribution in [2.45, 2.75) is 20.3 Å². The van der Waals surface area contributed by atoms with Gasteiger partial charge in [-0.1, -0.05) is 145 Å². The van der Waals surface area contributed by atoms with E-state index in [0.717, 1.165) is 43.9 Å². The molecule has 0 radical (unpaired) electrons. The van der Waals surface area contributed by atoms with Crippen molar-refractivity contribution in [2.75, 3.05) is 27.3 Å². The summed E-state index contributed by atoms with van der Waals surface area (Å²) in [6, 6.07) is 50.5. The van der Waals surface area contributed by atoms with Crippen LogP contribution in [0.1, 0.15) is 19.4 Å². The number of nitrogens with two attached hydrogens (primary N) is 1. The smallest absolute Gasteiger partial charge is 0.218 e. The van der Waals surface area contributed by atoms with Crippen LogP contribution in [-0.4, -0.2) is 54.4 Å². The lowest BCUT2D eigenvalue weighted by Crippen LogP contribution is -2.33. The predicted octanol–water partition coefficient (Wildman–Crippen LogP) is 12.8. The molecule has 0 aliphatic carbocycles. The Hall–Kier alpha value is -5.93. The minimum atomic E-state index is -0.185. The third kappa shape index (κ3) is 9.52. The second-order valence-electron chi connectivity index (χ2n) is 13.9. The molecule has 0 amide bonds. The first-order valence-electron chi connectivity index (χ1n) is 19.5. The summed E-state index contributed by atoms with van der Waals surface area (Å²) in [7, 11) is 3.85. The fraction of sp³-hybridized carbons (Fsp3) is 0.140. The summed E-state index contributed by atoms with van der Waals surface area (Å²) in [5.41, 5.74) is 9.80. The Bertz CT molecular complexity index is 2880. The Kier molecular flexibility index (Phi) is 13.4. The monoisotopic (exact) mass is 817 g/mol. The number of amidine groups is 1. The highest BCUT2D eigenvalue weighted by Gasteiger charge is 2.12. The quantitative estimate of drug-likeness (QED) is 0.0711. The van der Waals surface area contributed by atoms with Gasteiger partial charge in [0.05, 0.1) is 11.2 Å². The summed E-state index contributed by atoms with van der Waals surface area (Å²) in [4.78, 5) is 16.1. The van der Waals surface area contributed by atoms with Gasteiger partial charge in [0, 0.05) is 56.7 Å². The van der Waals surface area contributed by atoms with Crippen LogP contribution in [0.4, 0.5) is 5.69 Å². The maximum absolute atomic E-state index is 6.22. The van der Waals surface area contributed by atoms with Gasteiger partial charge in [-0.25, -0.2) is 15.0 Å². The second kappa shape index (κ2) is 19.2. The van der Waals surface area contributed by atoms with Crippen LogP contribution < -0.4 is 5.73 Å². The fourth-order valence-electron chi connectivity index (χ4n) is 7.03. The first kappa shape index (κ1) is 41.2. The van der Waals surface area contributed by atoms with Gasteiger partial charge in [0.25, 0.3) is 0 Å². The Balaban J connectivity index is 0.000000147. The third-order valence-electron chi connectivity index (χ3n) is 9.71. The maximum atomic E-state index is 6.22. The molecule has 0 bridgehead atoms. The SMILES string of the molecule is CCOC(OCC)N(C)C.Clc1cccc(-c2ncc3c4ccccc4c4ccccc4c3n2)c1.NC(=Nc1cc2ccccc2c2ccccc12)c1cccc(Cl)c1. The molecule has 0 saturated heterocycles. The van der Waals surface area contributed by atoms with E-state index >= 15 is 0 Å². The number of fused-ring (bicyclic) bond motifs is 9. The Morgan fingerprint density at radius 1 is 0.610 bits per heavy atom. The zero-order valence-electron chi connectivity index (χ0n) is 33.4. The van der Waals surface area contributed by atoms with Crippen molar-refractivity contribution in [3.05, 3.63) is 173 Å². The molecule has 296 valence electrons. The largest absolute Gasteiger partial charge is 0.383 e. The number of nitrogens with zero attached hydrogens (tertiary/aromatic N) is 4. The highest BCUT2D eigenvalue weighted by molar-refractivity contribution is 6.31. The lowest BCUT2D eigenvalue weighted by molar-refractivity contribution is -0.206. The minimum Gasteiger partial charge on any atom is -0.383 e. The number of aromatic nitrogens is 2. The van der Waals surface area contributed by atoms with E-state index in [4.69, 9.17) is 43.4 Å². The van der Waals surface area contributed by atoms with Crippen molar-refractivity contribution in [3.63, 3.8) is 0 Å². The van der Waals surface area contributed by atoms with Gasteiger partial charge in [-0.15, -0.1) is 0 Å². The molecule has 8 aromatic carbocycles. The number of aliphatic imine (C=N–C) groups is 1. The molecule has 0 aliphatic heterocycles. The van der Waals surface area contributed by atoms with Crippen molar-refractivity contribution < 1.29 is 9.47 Å². The minimum absolute atomic E-state index is 0.185. The van der Waals surface area contributed by atoms with Crippen LogP contribution in [0, 0.1) is 0 Å². The predicted molar refractivity (Wildman–Crippen MR) is 249 cm³/mol. The first-order valence-corrected chi connectivity index (χ1v) is 20.2. The van der Waals surface area contributed by atoms with Gasteiger partial charge in [-0.3, -0.25) is 4.90 Å². The van der Waals surface area contributed by atoms with Crippen molar-refractivity contribution in [2.24, 2.45) is 10.7 Å². The van der Waals surface area contributed by atoms with Gasteiger partial charge in [0.15, 0.2) is 5.82 Å². The molecule has 1 aromatic heterocycles. The molecule has 0 unspecified atom stereocenters. The molecule has 59 heavy (non-hydrogen) atoms. The van der Waals surface area contributed by atoms with Crippen LogP contribution in [0.15, 0.2) is 163 Å². The Labute approximate surface area is 354 Å². The van der Waals surface area contributed by atoms with Gasteiger partial charge in [0.2, 0.25) is 6.41 Å². The average Bonchev–Trinajstić information content (AvgIpc) is 3.27. The number of halogens is 2. The summed E-state index contributed by atoms with van der Waals surface area (Å²) in [6.07, 6.45) is 1.74. The molecular formula is C50H45Cl2N5O2. The summed E-state index contributed by atoms with van der Waals surface area (Å²) in [5.74, 6) is 1.15. The lowest BCUT2D eigenvalue weighted by Gasteiger charge is -2.22. The van der Waals surface area contributed by atoms with Crippen LogP contribution in [0.25, 0.3) is 65.4 Å². The van der Waals surface area contributed by atoms with Gasteiger partial charge >= 0.3 is 0 Å². The van der Waals surface area contributed by atoms with Crippen LogP contribution in [-0.2, 0) is 9.47 Å². The summed E-state index contributed by atoms with van der Waals surface area (Å²) < 4.78 is 10.5. The van der Waals surface area contributed by atoms with Gasteiger partial charge in [0.1, 0.15) is 5.84 Å². The highest BCUT2D eigenvalue weighted by Crippen LogP contribution is 2.36. The maximum Gasteiger partial charge on any atom is 0.218 e. The van der Waals surface area contributed by atoms with Gasteiger partial charge in [-0.05, 0) is 90.6 Å². The number of ether oxygens (including phenoxy) is 2. The van der Waals surface area contributed by atoms with Crippen molar-refractivity contribution in [1.29, 1.82) is 0 Å². The number of hydrogen-bond acceptors (Lipinski definition) is 6. The summed E-state index contributed by atoms with van der Waals surface area (Å²) in [5, 5.41) is 11.8. The van der Waals surface area contributed by atoms with Crippen LogP contribution in [0.3, 0.4) is 0 Å². The van der Waals surface area contributed by atoms with E-state index in [9.17, 15) is 0 Å². The normalized spacial score (nSPS) is 11.6. The zero-order valence-corrected chi connectivity index (χ0v) is 35.0. The lowest BCUT2D eigenvalue weighted by atomic mass is 9.98. The molecule has 7 nitrogen and oxygen atoms in total. The second-order valence-corrected chi connectivity index (χ2v) is 14.8. The fourth-order valence-corrected chi connectivity index (χ4v) is 7.41. The molecule has 0 saturated carbocycles. The molecule has 0 spiro atoms. The van der Waals surface area contributed by atoms with E-state index in [1.54, 1.807) is 0 Å². The van der Waals surface area contributed by atoms with Crippen LogP contribution in [0.2, 0.25) is 10.0 Å². The van der Waals surface area contributed by atoms with Crippen molar-refractivity contribution >= 4 is 88.7 Å². The highest BCUT2D eigenvalue weighted by atomic mass is 35.5. The number of rotatable bonds is 8. The molecule has 2 N–H and O–H groups in total. The van der Waals surface area contributed by atoms with E-state index < -0.39 is 0 Å². The molecule has 1 heterocycles. The van der Waals surface area contributed by atoms with Crippen molar-refractivity contribution in [1.82, 2.24) is 14.9 Å². The van der Waals surface area contributed by atoms with Crippen molar-refractivity contribution in [3.8, 4) is 11.4 Å². The number of benzene rings is 8. The van der Waals surface area contributed by atoms with E-state index in [2.05, 4.69) is 94.9 Å². The van der Waals surface area contributed by atoms with Gasteiger partial charge in [-0.2, -0.15) is 0 Å². The molecular weight excluding hydrogens is 773 g/mol. The molecule has 0 fully saturated rings. The standard InChI is InChI=1S/C22H13ClN2.C21H15ClN2.C7H17NO2/c23-15-7-5-6-14(12-15)22-24-13-20-18-10-2-1-8-16(18)17-9-3-4-11-19(17)21(20)25-22;22-16-8-5-7-15(12-16)21(23)24-20-13-14-6-1-2-9-17(14)18-10-3-4-11-19(18)20;1-5-9-7(8(3)4)10-6-2/h1-13H;1-13H,(H2,23,24);7H,5-6H2,1-4H3. The Morgan fingerprint density at radius 3 is 1.75 bits per heavy atom. The third-order valence-corrected chi connectivity index (χ3v) is 10.2. The molecule has 0 atom stereocenters. The summed E-state index contributed by atoms with van der Waals surface area (Å²) in [6.45, 7) is 5.27. The molecule has 0 aliphatic rings. The first-order chi connectivity index (χ1) is 28.7. The van der Waals surface area contributed by atoms with Crippen LogP contribution >= 0.6 is 23.2 Å². The van der Waals surface area contributed by atoms with E-state index in [-0.39, 0.29) is 6.41 Å². The van der Waals surface area contributed by atoms with E-state index in [0.29, 0.717) is 34.9 Å². The molecule has 9 aromatic rings. The number of hydrogen-bond donors (Lipinski definition) is 1. The zero-order chi connectivity index (χ0) is 41.3. The van der Waals surface area contributed by atoms with Gasteiger partial charge < -0.3 is 15.2 Å². The average molecular weight is 819 g/mol. The van der Waals surface area contributed by atoms with Crippen LogP contribution in [0.5, 0.6) is 0 Å². The molecule has 9 heteroatoms.